The van der Waals surface area contributed by atoms with E-state index in [1.54, 1.807) is 42.5 Å². The highest BCUT2D eigenvalue weighted by molar-refractivity contribution is 6.21. The molecule has 1 aliphatic rings. The quantitative estimate of drug-likeness (QED) is 0.798. The number of hydrogen-bond donors (Lipinski definition) is 1. The summed E-state index contributed by atoms with van der Waals surface area (Å²) in [6, 6.07) is 11.9. The normalized spacial score (nSPS) is 14.1. The molecule has 1 N–H and O–H groups in total. The number of methoxy groups -OCH3 is 1. The summed E-state index contributed by atoms with van der Waals surface area (Å²) in [7, 11) is 1.50. The van der Waals surface area contributed by atoms with Crippen LogP contribution in [-0.2, 0) is 6.54 Å². The molecule has 6 nitrogen and oxygen atoms in total. The number of ether oxygens (including phenoxy) is 1. The zero-order chi connectivity index (χ0) is 19.6. The van der Waals surface area contributed by atoms with Crippen molar-refractivity contribution in [1.29, 1.82) is 0 Å². The van der Waals surface area contributed by atoms with E-state index < -0.39 is 0 Å². The molecule has 6 heteroatoms. The molecule has 0 saturated carbocycles. The van der Waals surface area contributed by atoms with E-state index >= 15 is 0 Å². The molecule has 0 aliphatic carbocycles. The lowest BCUT2D eigenvalue weighted by atomic mass is 10.1. The van der Waals surface area contributed by atoms with Gasteiger partial charge in [0.25, 0.3) is 17.7 Å². The van der Waals surface area contributed by atoms with Gasteiger partial charge in [-0.05, 0) is 43.2 Å². The smallest absolute Gasteiger partial charge is 0.261 e. The minimum atomic E-state index is -0.322. The van der Waals surface area contributed by atoms with E-state index in [1.165, 1.54) is 12.0 Å². The number of hydrogen-bond acceptors (Lipinski definition) is 4. The fourth-order valence-electron chi connectivity index (χ4n) is 3.00. The summed E-state index contributed by atoms with van der Waals surface area (Å²) < 4.78 is 5.29. The number of amides is 3. The van der Waals surface area contributed by atoms with Gasteiger partial charge in [-0.1, -0.05) is 25.1 Å². The molecule has 0 aromatic heterocycles. The molecule has 0 radical (unpaired) electrons. The predicted octanol–water partition coefficient (Wildman–Crippen LogP) is 3.02. The summed E-state index contributed by atoms with van der Waals surface area (Å²) in [5.41, 5.74) is 1.88. The molecule has 3 rings (SSSR count). The highest BCUT2D eigenvalue weighted by Crippen LogP contribution is 2.26. The standard InChI is InChI=1S/C21H22N2O4/c1-4-13(2)22-19(24)17-11-14(9-10-18(17)27-3)12-23-20(25)15-7-5-6-8-16(15)21(23)26/h5-11,13H,4,12H2,1-3H3,(H,22,24). The molecule has 0 saturated heterocycles. The lowest BCUT2D eigenvalue weighted by molar-refractivity contribution is 0.0642. The average Bonchev–Trinajstić information content (AvgIpc) is 2.93. The number of carbonyl (C=O) groups is 3. The van der Waals surface area contributed by atoms with Crippen LogP contribution in [0.2, 0.25) is 0 Å². The van der Waals surface area contributed by atoms with Crippen LogP contribution in [0.3, 0.4) is 0 Å². The molecule has 2 aromatic rings. The second-order valence-electron chi connectivity index (χ2n) is 6.56. The van der Waals surface area contributed by atoms with Crippen LogP contribution in [0.4, 0.5) is 0 Å². The first-order valence-corrected chi connectivity index (χ1v) is 8.89. The Labute approximate surface area is 158 Å². The zero-order valence-corrected chi connectivity index (χ0v) is 15.6. The molecule has 1 heterocycles. The molecule has 1 unspecified atom stereocenters. The molecule has 0 fully saturated rings. The molecule has 140 valence electrons. The lowest BCUT2D eigenvalue weighted by Gasteiger charge is -2.17. The maximum atomic E-state index is 12.6. The van der Waals surface area contributed by atoms with Crippen molar-refractivity contribution in [2.75, 3.05) is 7.11 Å². The van der Waals surface area contributed by atoms with Crippen LogP contribution in [-0.4, -0.2) is 35.8 Å². The Morgan fingerprint density at radius 1 is 1.11 bits per heavy atom. The highest BCUT2D eigenvalue weighted by Gasteiger charge is 2.35. The van der Waals surface area contributed by atoms with Crippen LogP contribution in [0.25, 0.3) is 0 Å². The number of fused-ring (bicyclic) bond motifs is 1. The number of nitrogens with zero attached hydrogens (tertiary/aromatic N) is 1. The van der Waals surface area contributed by atoms with Crippen molar-refractivity contribution in [3.63, 3.8) is 0 Å². The topological polar surface area (TPSA) is 75.7 Å². The van der Waals surface area contributed by atoms with Crippen molar-refractivity contribution in [2.45, 2.75) is 32.9 Å². The Balaban J connectivity index is 1.86. The molecule has 0 bridgehead atoms. The first-order valence-electron chi connectivity index (χ1n) is 8.89. The van der Waals surface area contributed by atoms with Crippen LogP contribution in [0.1, 0.15) is 56.9 Å². The zero-order valence-electron chi connectivity index (χ0n) is 15.6. The van der Waals surface area contributed by atoms with E-state index in [-0.39, 0.29) is 30.3 Å². The van der Waals surface area contributed by atoms with Crippen molar-refractivity contribution in [3.8, 4) is 5.75 Å². The molecular formula is C21H22N2O4. The Hall–Kier alpha value is -3.15. The fraction of sp³-hybridized carbons (Fsp3) is 0.286. The minimum absolute atomic E-state index is 0.0297. The Kier molecular flexibility index (Phi) is 5.26. The molecule has 3 amide bonds. The number of nitrogens with one attached hydrogen (secondary N) is 1. The van der Waals surface area contributed by atoms with Gasteiger partial charge in [-0.15, -0.1) is 0 Å². The highest BCUT2D eigenvalue weighted by atomic mass is 16.5. The number of carbonyl (C=O) groups excluding carboxylic acids is 3. The van der Waals surface area contributed by atoms with Crippen molar-refractivity contribution in [1.82, 2.24) is 10.2 Å². The molecule has 1 atom stereocenters. The monoisotopic (exact) mass is 366 g/mol. The largest absolute Gasteiger partial charge is 0.496 e. The molecular weight excluding hydrogens is 344 g/mol. The van der Waals surface area contributed by atoms with Gasteiger partial charge in [-0.3, -0.25) is 19.3 Å². The van der Waals surface area contributed by atoms with Gasteiger partial charge in [0.05, 0.1) is 30.3 Å². The van der Waals surface area contributed by atoms with Crippen LogP contribution < -0.4 is 10.1 Å². The van der Waals surface area contributed by atoms with Gasteiger partial charge in [0, 0.05) is 6.04 Å². The van der Waals surface area contributed by atoms with Gasteiger partial charge >= 0.3 is 0 Å². The molecule has 2 aromatic carbocycles. The van der Waals surface area contributed by atoms with Gasteiger partial charge in [-0.25, -0.2) is 0 Å². The second-order valence-corrected chi connectivity index (χ2v) is 6.56. The first kappa shape index (κ1) is 18.6. The van der Waals surface area contributed by atoms with Gasteiger partial charge in [0.2, 0.25) is 0 Å². The molecule has 1 aliphatic heterocycles. The van der Waals surface area contributed by atoms with Crippen LogP contribution >= 0.6 is 0 Å². The summed E-state index contributed by atoms with van der Waals surface area (Å²) in [6.45, 7) is 4.01. The van der Waals surface area contributed by atoms with Crippen molar-refractivity contribution < 1.29 is 19.1 Å². The minimum Gasteiger partial charge on any atom is -0.496 e. The third kappa shape index (κ3) is 3.56. The Morgan fingerprint density at radius 2 is 1.74 bits per heavy atom. The number of benzene rings is 2. The Bertz CT molecular complexity index is 872. The average molecular weight is 366 g/mol. The summed E-state index contributed by atoms with van der Waals surface area (Å²) >= 11 is 0. The second kappa shape index (κ2) is 7.61. The van der Waals surface area contributed by atoms with Crippen LogP contribution in [0.15, 0.2) is 42.5 Å². The first-order chi connectivity index (χ1) is 13.0. The van der Waals surface area contributed by atoms with E-state index in [4.69, 9.17) is 4.74 Å². The van der Waals surface area contributed by atoms with Gasteiger partial charge < -0.3 is 10.1 Å². The number of imide groups is 1. The third-order valence-corrected chi connectivity index (χ3v) is 4.72. The summed E-state index contributed by atoms with van der Waals surface area (Å²) in [5.74, 6) is -0.443. The van der Waals surface area contributed by atoms with Crippen molar-refractivity contribution in [2.24, 2.45) is 0 Å². The molecule has 27 heavy (non-hydrogen) atoms. The van der Waals surface area contributed by atoms with E-state index in [9.17, 15) is 14.4 Å². The maximum Gasteiger partial charge on any atom is 0.261 e. The third-order valence-electron chi connectivity index (χ3n) is 4.72. The van der Waals surface area contributed by atoms with Crippen molar-refractivity contribution >= 4 is 17.7 Å². The van der Waals surface area contributed by atoms with Gasteiger partial charge in [-0.2, -0.15) is 0 Å². The number of rotatable bonds is 6. The van der Waals surface area contributed by atoms with E-state index in [1.807, 2.05) is 13.8 Å². The van der Waals surface area contributed by atoms with E-state index in [2.05, 4.69) is 5.32 Å². The van der Waals surface area contributed by atoms with E-state index in [0.717, 1.165) is 6.42 Å². The van der Waals surface area contributed by atoms with Gasteiger partial charge in [0.15, 0.2) is 0 Å². The summed E-state index contributed by atoms with van der Waals surface area (Å²) in [6.07, 6.45) is 0.808. The SMILES string of the molecule is CCC(C)NC(=O)c1cc(CN2C(=O)c3ccccc3C2=O)ccc1OC. The maximum absolute atomic E-state index is 12.6. The van der Waals surface area contributed by atoms with Gasteiger partial charge in [0.1, 0.15) is 5.75 Å². The van der Waals surface area contributed by atoms with Crippen molar-refractivity contribution in [3.05, 3.63) is 64.7 Å². The lowest BCUT2D eigenvalue weighted by Crippen LogP contribution is -2.32. The molecule has 0 spiro atoms. The Morgan fingerprint density at radius 3 is 2.30 bits per heavy atom. The summed E-state index contributed by atoms with van der Waals surface area (Å²) in [4.78, 5) is 38.8. The predicted molar refractivity (Wildman–Crippen MR) is 101 cm³/mol. The van der Waals surface area contributed by atoms with E-state index in [0.29, 0.717) is 28.0 Å². The fourth-order valence-corrected chi connectivity index (χ4v) is 3.00. The van der Waals surface area contributed by atoms with Crippen LogP contribution in [0.5, 0.6) is 5.75 Å². The summed E-state index contributed by atoms with van der Waals surface area (Å²) in [5, 5.41) is 2.91. The van der Waals surface area contributed by atoms with Crippen LogP contribution in [0, 0.1) is 0 Å².